The minimum absolute atomic E-state index is 0.0850. The summed E-state index contributed by atoms with van der Waals surface area (Å²) in [6, 6.07) is 3.00. The molecule has 0 aliphatic heterocycles. The Kier molecular flexibility index (Phi) is 2.32. The number of hydrogen-bond acceptors (Lipinski definition) is 4. The van der Waals surface area contributed by atoms with E-state index in [1.807, 2.05) is 0 Å². The van der Waals surface area contributed by atoms with E-state index in [4.69, 9.17) is 0 Å². The molecule has 0 spiro atoms. The molecule has 0 fully saturated rings. The van der Waals surface area contributed by atoms with Crippen LogP contribution >= 0.6 is 11.3 Å². The number of hydrogen-bond donors (Lipinski definition) is 0. The van der Waals surface area contributed by atoms with E-state index in [0.29, 0.717) is 0 Å². The summed E-state index contributed by atoms with van der Waals surface area (Å²) in [4.78, 5) is 20.4. The maximum absolute atomic E-state index is 10.1. The standard InChI is InChI=1S/C6H5NO3S/c8-4-3-5-1-2-6(11-5)7(9)10/h1-2,4H,3H2. The van der Waals surface area contributed by atoms with E-state index in [9.17, 15) is 14.9 Å². The zero-order chi connectivity index (χ0) is 8.27. The predicted octanol–water partition coefficient (Wildman–Crippen LogP) is 1.40. The molecule has 1 aromatic heterocycles. The fourth-order valence-corrected chi connectivity index (χ4v) is 1.42. The van der Waals surface area contributed by atoms with Gasteiger partial charge in [0.25, 0.3) is 0 Å². The average Bonchev–Trinajstić information content (AvgIpc) is 2.37. The molecule has 0 bridgehead atoms. The van der Waals surface area contributed by atoms with Crippen molar-refractivity contribution in [2.45, 2.75) is 6.42 Å². The molecule has 0 aliphatic rings. The van der Waals surface area contributed by atoms with E-state index in [-0.39, 0.29) is 11.4 Å². The Hall–Kier alpha value is -1.23. The van der Waals surface area contributed by atoms with Crippen LogP contribution in [0.25, 0.3) is 0 Å². The highest BCUT2D eigenvalue weighted by Gasteiger charge is 2.08. The molecule has 0 unspecified atom stereocenters. The van der Waals surface area contributed by atoms with Gasteiger partial charge in [0.2, 0.25) is 0 Å². The number of rotatable bonds is 3. The van der Waals surface area contributed by atoms with E-state index in [1.54, 1.807) is 6.07 Å². The number of thiophene rings is 1. The van der Waals surface area contributed by atoms with Crippen LogP contribution in [0.2, 0.25) is 0 Å². The van der Waals surface area contributed by atoms with Gasteiger partial charge in [-0.2, -0.15) is 0 Å². The van der Waals surface area contributed by atoms with Crippen molar-refractivity contribution in [2.75, 3.05) is 0 Å². The van der Waals surface area contributed by atoms with E-state index in [2.05, 4.69) is 0 Å². The van der Waals surface area contributed by atoms with Crippen molar-refractivity contribution >= 4 is 22.6 Å². The molecule has 0 saturated heterocycles. The molecular weight excluding hydrogens is 166 g/mol. The number of nitrogens with zero attached hydrogens (tertiary/aromatic N) is 1. The van der Waals surface area contributed by atoms with Gasteiger partial charge in [-0.1, -0.05) is 11.3 Å². The van der Waals surface area contributed by atoms with Crippen LogP contribution in [0.3, 0.4) is 0 Å². The predicted molar refractivity (Wildman–Crippen MR) is 40.7 cm³/mol. The van der Waals surface area contributed by atoms with Crippen LogP contribution in [0.1, 0.15) is 4.88 Å². The van der Waals surface area contributed by atoms with Crippen molar-refractivity contribution in [1.82, 2.24) is 0 Å². The fourth-order valence-electron chi connectivity index (χ4n) is 0.657. The molecular formula is C6H5NO3S. The summed E-state index contributed by atoms with van der Waals surface area (Å²) in [5.74, 6) is 0. The summed E-state index contributed by atoms with van der Waals surface area (Å²) in [5.41, 5.74) is 0. The average molecular weight is 171 g/mol. The van der Waals surface area contributed by atoms with Crippen LogP contribution in [0, 0.1) is 10.1 Å². The van der Waals surface area contributed by atoms with Gasteiger partial charge < -0.3 is 4.79 Å². The van der Waals surface area contributed by atoms with E-state index < -0.39 is 4.92 Å². The van der Waals surface area contributed by atoms with Crippen molar-refractivity contribution in [3.63, 3.8) is 0 Å². The monoisotopic (exact) mass is 171 g/mol. The van der Waals surface area contributed by atoms with Gasteiger partial charge in [0.05, 0.1) is 4.92 Å². The first kappa shape index (κ1) is 7.87. The summed E-state index contributed by atoms with van der Waals surface area (Å²) >= 11 is 1.04. The lowest BCUT2D eigenvalue weighted by atomic mass is 10.4. The highest BCUT2D eigenvalue weighted by atomic mass is 32.1. The van der Waals surface area contributed by atoms with Crippen molar-refractivity contribution in [1.29, 1.82) is 0 Å². The summed E-state index contributed by atoms with van der Waals surface area (Å²) in [5, 5.41) is 10.2. The zero-order valence-corrected chi connectivity index (χ0v) is 6.34. The first-order valence-corrected chi connectivity index (χ1v) is 3.72. The van der Waals surface area contributed by atoms with Gasteiger partial charge >= 0.3 is 5.00 Å². The lowest BCUT2D eigenvalue weighted by Gasteiger charge is -1.81. The van der Waals surface area contributed by atoms with Gasteiger partial charge in [-0.05, 0) is 6.07 Å². The fraction of sp³-hybridized carbons (Fsp3) is 0.167. The van der Waals surface area contributed by atoms with Crippen molar-refractivity contribution in [2.24, 2.45) is 0 Å². The van der Waals surface area contributed by atoms with Crippen LogP contribution in [-0.2, 0) is 11.2 Å². The molecule has 1 aromatic rings. The van der Waals surface area contributed by atoms with Crippen LogP contribution in [0.4, 0.5) is 5.00 Å². The summed E-state index contributed by atoms with van der Waals surface area (Å²) in [6.45, 7) is 0. The topological polar surface area (TPSA) is 60.2 Å². The van der Waals surface area contributed by atoms with Crippen molar-refractivity contribution < 1.29 is 9.72 Å². The number of aldehydes is 1. The number of carbonyl (C=O) groups excluding carboxylic acids is 1. The normalized spacial score (nSPS) is 9.45. The minimum atomic E-state index is -0.459. The molecule has 0 amide bonds. The Morgan fingerprint density at radius 1 is 1.64 bits per heavy atom. The van der Waals surface area contributed by atoms with E-state index in [0.717, 1.165) is 22.5 Å². The largest absolute Gasteiger partial charge is 0.324 e. The molecule has 1 rings (SSSR count). The van der Waals surface area contributed by atoms with Crippen LogP contribution in [-0.4, -0.2) is 11.2 Å². The molecule has 58 valence electrons. The third-order valence-electron chi connectivity index (χ3n) is 1.11. The third kappa shape index (κ3) is 1.84. The second kappa shape index (κ2) is 3.25. The maximum Gasteiger partial charge on any atom is 0.324 e. The Balaban J connectivity index is 2.81. The molecule has 1 heterocycles. The molecule has 5 heteroatoms. The van der Waals surface area contributed by atoms with Gasteiger partial charge in [-0.15, -0.1) is 0 Å². The third-order valence-corrected chi connectivity index (χ3v) is 2.17. The smallest absolute Gasteiger partial charge is 0.303 e. The van der Waals surface area contributed by atoms with Gasteiger partial charge in [0.15, 0.2) is 0 Å². The second-order valence-corrected chi connectivity index (χ2v) is 3.01. The van der Waals surface area contributed by atoms with Crippen LogP contribution in [0.15, 0.2) is 12.1 Å². The summed E-state index contributed by atoms with van der Waals surface area (Å²) < 4.78 is 0. The van der Waals surface area contributed by atoms with Gasteiger partial charge in [0.1, 0.15) is 6.29 Å². The van der Waals surface area contributed by atoms with Gasteiger partial charge in [-0.25, -0.2) is 0 Å². The van der Waals surface area contributed by atoms with Crippen molar-refractivity contribution in [3.8, 4) is 0 Å². The Bertz CT molecular complexity index is 281. The Labute approximate surface area is 66.6 Å². The SMILES string of the molecule is O=CCc1ccc([N+](=O)[O-])s1. The second-order valence-electron chi connectivity index (χ2n) is 1.87. The molecule has 0 atom stereocenters. The molecule has 0 aromatic carbocycles. The molecule has 11 heavy (non-hydrogen) atoms. The Morgan fingerprint density at radius 2 is 2.36 bits per heavy atom. The molecule has 4 nitrogen and oxygen atoms in total. The van der Waals surface area contributed by atoms with Gasteiger partial charge in [-0.3, -0.25) is 10.1 Å². The summed E-state index contributed by atoms with van der Waals surface area (Å²) in [7, 11) is 0. The molecule has 0 radical (unpaired) electrons. The van der Waals surface area contributed by atoms with Crippen molar-refractivity contribution in [3.05, 3.63) is 27.1 Å². The molecule has 0 aliphatic carbocycles. The van der Waals surface area contributed by atoms with Gasteiger partial charge in [0, 0.05) is 17.4 Å². The lowest BCUT2D eigenvalue weighted by molar-refractivity contribution is -0.380. The Morgan fingerprint density at radius 3 is 2.82 bits per heavy atom. The highest BCUT2D eigenvalue weighted by Crippen LogP contribution is 2.23. The quantitative estimate of drug-likeness (QED) is 0.392. The first-order chi connectivity index (χ1) is 5.24. The lowest BCUT2D eigenvalue weighted by Crippen LogP contribution is -1.81. The maximum atomic E-state index is 10.1. The zero-order valence-electron chi connectivity index (χ0n) is 5.52. The number of carbonyl (C=O) groups is 1. The van der Waals surface area contributed by atoms with E-state index in [1.165, 1.54) is 6.07 Å². The molecule has 0 saturated carbocycles. The summed E-state index contributed by atoms with van der Waals surface area (Å²) in [6.07, 6.45) is 0.994. The first-order valence-electron chi connectivity index (χ1n) is 2.91. The van der Waals surface area contributed by atoms with E-state index >= 15 is 0 Å². The van der Waals surface area contributed by atoms with Crippen LogP contribution in [0.5, 0.6) is 0 Å². The highest BCUT2D eigenvalue weighted by molar-refractivity contribution is 7.15. The number of nitro groups is 1. The molecule has 0 N–H and O–H groups in total. The van der Waals surface area contributed by atoms with Crippen LogP contribution < -0.4 is 0 Å². The minimum Gasteiger partial charge on any atom is -0.303 e.